The van der Waals surface area contributed by atoms with Crippen molar-refractivity contribution in [3.05, 3.63) is 170 Å². The number of nitrogens with zero attached hydrogens (tertiary/aromatic N) is 2. The van der Waals surface area contributed by atoms with Crippen molar-refractivity contribution in [3.8, 4) is 45.5 Å². The summed E-state index contributed by atoms with van der Waals surface area (Å²) in [6.07, 6.45) is 0. The van der Waals surface area contributed by atoms with Gasteiger partial charge in [0.25, 0.3) is 0 Å². The van der Waals surface area contributed by atoms with Crippen molar-refractivity contribution in [1.82, 2.24) is 9.13 Å². The zero-order valence-corrected chi connectivity index (χ0v) is 26.9. The summed E-state index contributed by atoms with van der Waals surface area (Å²) >= 11 is 0. The summed E-state index contributed by atoms with van der Waals surface area (Å²) in [5, 5.41) is 7.13. The Labute approximate surface area is 287 Å². The van der Waals surface area contributed by atoms with Crippen LogP contribution in [-0.2, 0) is 0 Å². The van der Waals surface area contributed by atoms with E-state index >= 15 is 0 Å². The predicted octanol–water partition coefficient (Wildman–Crippen LogP) is 12.6. The Morgan fingerprint density at radius 2 is 0.940 bits per heavy atom. The maximum absolute atomic E-state index is 6.50. The fourth-order valence-electron chi connectivity index (χ4n) is 7.93. The molecule has 1 aliphatic heterocycles. The molecule has 4 nitrogen and oxygen atoms in total. The summed E-state index contributed by atoms with van der Waals surface area (Å²) in [6.45, 7) is 0. The molecule has 4 heteroatoms. The molecule has 3 heterocycles. The van der Waals surface area contributed by atoms with Gasteiger partial charge in [-0.3, -0.25) is 0 Å². The molecule has 0 radical (unpaired) electrons. The first-order chi connectivity index (χ1) is 24.8. The van der Waals surface area contributed by atoms with E-state index in [4.69, 9.17) is 9.47 Å². The quantitative estimate of drug-likeness (QED) is 0.192. The van der Waals surface area contributed by atoms with Gasteiger partial charge in [0.15, 0.2) is 23.0 Å². The maximum Gasteiger partial charge on any atom is 0.170 e. The summed E-state index contributed by atoms with van der Waals surface area (Å²) in [7, 11) is 0. The fourth-order valence-corrected chi connectivity index (χ4v) is 7.93. The number of fused-ring (bicyclic) bond motifs is 9. The molecule has 0 bridgehead atoms. The molecule has 2 aromatic heterocycles. The minimum atomic E-state index is 0.713. The van der Waals surface area contributed by atoms with Crippen molar-refractivity contribution in [3.63, 3.8) is 0 Å². The van der Waals surface area contributed by atoms with E-state index in [1.807, 2.05) is 24.3 Å². The van der Waals surface area contributed by atoms with Gasteiger partial charge in [-0.15, -0.1) is 0 Å². The summed E-state index contributed by atoms with van der Waals surface area (Å²) in [4.78, 5) is 0. The van der Waals surface area contributed by atoms with Crippen LogP contribution in [0, 0.1) is 0 Å². The first-order valence-corrected chi connectivity index (χ1v) is 16.9. The van der Waals surface area contributed by atoms with Gasteiger partial charge in [0.2, 0.25) is 0 Å². The molecule has 10 aromatic rings. The molecule has 0 amide bonds. The van der Waals surface area contributed by atoms with Crippen LogP contribution in [0.15, 0.2) is 170 Å². The second-order valence-corrected chi connectivity index (χ2v) is 13.0. The van der Waals surface area contributed by atoms with Crippen LogP contribution >= 0.6 is 0 Å². The van der Waals surface area contributed by atoms with Crippen molar-refractivity contribution in [2.24, 2.45) is 0 Å². The van der Waals surface area contributed by atoms with Crippen molar-refractivity contribution in [2.75, 3.05) is 0 Å². The predicted molar refractivity (Wildman–Crippen MR) is 205 cm³/mol. The molecule has 0 spiro atoms. The Balaban J connectivity index is 1.10. The third kappa shape index (κ3) is 3.93. The van der Waals surface area contributed by atoms with Crippen molar-refractivity contribution in [2.45, 2.75) is 0 Å². The van der Waals surface area contributed by atoms with E-state index in [2.05, 4.69) is 155 Å². The van der Waals surface area contributed by atoms with Gasteiger partial charge < -0.3 is 18.6 Å². The van der Waals surface area contributed by atoms with E-state index in [1.54, 1.807) is 0 Å². The van der Waals surface area contributed by atoms with E-state index in [0.29, 0.717) is 11.5 Å². The molecule has 0 saturated heterocycles. The highest BCUT2D eigenvalue weighted by Crippen LogP contribution is 2.49. The fraction of sp³-hybridized carbons (Fsp3) is 0. The average molecular weight is 641 g/mol. The third-order valence-electron chi connectivity index (χ3n) is 10.1. The lowest BCUT2D eigenvalue weighted by Gasteiger charge is -2.22. The monoisotopic (exact) mass is 640 g/mol. The summed E-state index contributed by atoms with van der Waals surface area (Å²) in [5.41, 5.74) is 9.17. The van der Waals surface area contributed by atoms with E-state index < -0.39 is 0 Å². The van der Waals surface area contributed by atoms with E-state index in [-0.39, 0.29) is 0 Å². The minimum absolute atomic E-state index is 0.713. The zero-order chi connectivity index (χ0) is 32.8. The summed E-state index contributed by atoms with van der Waals surface area (Å²) in [5.74, 6) is 2.89. The van der Waals surface area contributed by atoms with Gasteiger partial charge >= 0.3 is 0 Å². The molecule has 0 unspecified atom stereocenters. The number of rotatable bonds is 3. The molecule has 50 heavy (non-hydrogen) atoms. The highest BCUT2D eigenvalue weighted by molar-refractivity contribution is 6.16. The molecular weight excluding hydrogens is 613 g/mol. The van der Waals surface area contributed by atoms with Gasteiger partial charge in [-0.25, -0.2) is 0 Å². The highest BCUT2D eigenvalue weighted by Gasteiger charge is 2.22. The highest BCUT2D eigenvalue weighted by atomic mass is 16.6. The van der Waals surface area contributed by atoms with Crippen LogP contribution in [0.2, 0.25) is 0 Å². The van der Waals surface area contributed by atoms with Crippen LogP contribution in [0.3, 0.4) is 0 Å². The molecule has 11 rings (SSSR count). The number of hydrogen-bond donors (Lipinski definition) is 0. The van der Waals surface area contributed by atoms with Gasteiger partial charge in [-0.2, -0.15) is 0 Å². The second kappa shape index (κ2) is 10.4. The molecule has 0 atom stereocenters. The number of benzene rings is 8. The minimum Gasteiger partial charge on any atom is -0.449 e. The molecule has 0 saturated carbocycles. The molecule has 234 valence electrons. The largest absolute Gasteiger partial charge is 0.449 e. The molecule has 0 N–H and O–H groups in total. The first-order valence-electron chi connectivity index (χ1n) is 16.9. The maximum atomic E-state index is 6.50. The Bertz CT molecular complexity index is 2990. The van der Waals surface area contributed by atoms with E-state index in [9.17, 15) is 0 Å². The Morgan fingerprint density at radius 1 is 0.340 bits per heavy atom. The third-order valence-corrected chi connectivity index (χ3v) is 10.1. The lowest BCUT2D eigenvalue weighted by Crippen LogP contribution is -1.99. The van der Waals surface area contributed by atoms with E-state index in [1.165, 1.54) is 32.6 Å². The van der Waals surface area contributed by atoms with Crippen molar-refractivity contribution >= 4 is 54.4 Å². The van der Waals surface area contributed by atoms with Crippen LogP contribution in [0.4, 0.5) is 0 Å². The van der Waals surface area contributed by atoms with Gasteiger partial charge in [0, 0.05) is 32.9 Å². The van der Waals surface area contributed by atoms with Gasteiger partial charge in [-0.1, -0.05) is 103 Å². The topological polar surface area (TPSA) is 28.3 Å². The normalized spacial score (nSPS) is 12.3. The van der Waals surface area contributed by atoms with Crippen molar-refractivity contribution in [1.29, 1.82) is 0 Å². The molecule has 0 aliphatic carbocycles. The molecular formula is C46H28N2O2. The second-order valence-electron chi connectivity index (χ2n) is 13.0. The van der Waals surface area contributed by atoms with Gasteiger partial charge in [0.1, 0.15) is 0 Å². The van der Waals surface area contributed by atoms with Crippen LogP contribution in [0.5, 0.6) is 23.0 Å². The average Bonchev–Trinajstić information content (AvgIpc) is 3.69. The number of ether oxygens (including phenoxy) is 2. The van der Waals surface area contributed by atoms with Gasteiger partial charge in [-0.05, 0) is 88.6 Å². The van der Waals surface area contributed by atoms with Crippen molar-refractivity contribution < 1.29 is 9.47 Å². The molecule has 8 aromatic carbocycles. The van der Waals surface area contributed by atoms with Crippen LogP contribution in [0.25, 0.3) is 76.9 Å². The summed E-state index contributed by atoms with van der Waals surface area (Å²) < 4.78 is 17.6. The Kier molecular flexibility index (Phi) is 5.63. The standard InChI is InChI=1S/C46H28N2O2/c1-2-13-32(14-3-1)47-38-18-8-6-15-35(38)36-23-22-33(28-41(36)47)48-39-19-9-7-16-37(39)46-34(17-10-20-40(46)48)31-21-24-42-43(27-31)50-45-26-30-12-5-4-11-29(30)25-44(45)49-42/h1-28H. The Hall–Kier alpha value is -6.78. The number of hydrogen-bond acceptors (Lipinski definition) is 2. The SMILES string of the molecule is c1ccc(-n2c3ccccc3c3ccc(-n4c5ccccc5c5c(-c6ccc7c(c6)Oc6cc8ccccc8cc6O7)cccc54)cc32)cc1. The lowest BCUT2D eigenvalue weighted by molar-refractivity contribution is 0.360. The molecule has 0 fully saturated rings. The zero-order valence-electron chi connectivity index (χ0n) is 26.9. The summed E-state index contributed by atoms with van der Waals surface area (Å²) in [6, 6.07) is 60.2. The van der Waals surface area contributed by atoms with Crippen LogP contribution in [-0.4, -0.2) is 9.13 Å². The lowest BCUT2D eigenvalue weighted by atomic mass is 9.99. The van der Waals surface area contributed by atoms with E-state index in [0.717, 1.165) is 55.8 Å². The smallest absolute Gasteiger partial charge is 0.170 e. The number of aromatic nitrogens is 2. The van der Waals surface area contributed by atoms with Crippen LogP contribution in [0.1, 0.15) is 0 Å². The number of para-hydroxylation sites is 3. The van der Waals surface area contributed by atoms with Gasteiger partial charge in [0.05, 0.1) is 22.1 Å². The first kappa shape index (κ1) is 27.2. The Morgan fingerprint density at radius 3 is 1.74 bits per heavy atom. The molecule has 1 aliphatic rings. The van der Waals surface area contributed by atoms with Crippen LogP contribution < -0.4 is 9.47 Å².